The molecule has 0 unspecified atom stereocenters. The first-order valence-corrected chi connectivity index (χ1v) is 5.62. The molecule has 15 heavy (non-hydrogen) atoms. The van der Waals surface area contributed by atoms with Gasteiger partial charge >= 0.3 is 0 Å². The minimum Gasteiger partial charge on any atom is -0.340 e. The second-order valence-corrected chi connectivity index (χ2v) is 3.89. The highest BCUT2D eigenvalue weighted by molar-refractivity contribution is 5.73. The molecule has 1 fully saturated rings. The van der Waals surface area contributed by atoms with Crippen molar-refractivity contribution in [3.05, 3.63) is 0 Å². The Hall–Kier alpha value is -0.650. The van der Waals surface area contributed by atoms with Crippen LogP contribution in [0, 0.1) is 0 Å². The van der Waals surface area contributed by atoms with Crippen LogP contribution in [-0.2, 0) is 4.79 Å². The quantitative estimate of drug-likeness (QED) is 0.597. The van der Waals surface area contributed by atoms with Gasteiger partial charge in [0.1, 0.15) is 0 Å². The maximum Gasteiger partial charge on any atom is 0.219 e. The fraction of sp³-hybridized carbons (Fsp3) is 0.900. The minimum atomic E-state index is 0.121. The van der Waals surface area contributed by atoms with Crippen LogP contribution in [-0.4, -0.2) is 68.1 Å². The van der Waals surface area contributed by atoms with Crippen molar-refractivity contribution in [2.75, 3.05) is 52.4 Å². The van der Waals surface area contributed by atoms with Crippen molar-refractivity contribution >= 4 is 5.91 Å². The highest BCUT2D eigenvalue weighted by Gasteiger charge is 2.12. The molecule has 1 aliphatic rings. The normalized spacial score (nSPS) is 17.7. The van der Waals surface area contributed by atoms with Gasteiger partial charge in [0.15, 0.2) is 0 Å². The van der Waals surface area contributed by atoms with Gasteiger partial charge in [0.25, 0.3) is 0 Å². The molecule has 5 heteroatoms. The van der Waals surface area contributed by atoms with Gasteiger partial charge in [0.2, 0.25) is 5.91 Å². The zero-order chi connectivity index (χ0) is 11.1. The third-order valence-electron chi connectivity index (χ3n) is 2.74. The van der Waals surface area contributed by atoms with E-state index in [-0.39, 0.29) is 5.91 Å². The number of nitrogens with zero attached hydrogens (tertiary/aromatic N) is 2. The second-order valence-electron chi connectivity index (χ2n) is 3.89. The van der Waals surface area contributed by atoms with E-state index in [4.69, 9.17) is 5.73 Å². The Morgan fingerprint density at radius 2 is 2.07 bits per heavy atom. The van der Waals surface area contributed by atoms with Crippen LogP contribution in [0.1, 0.15) is 6.92 Å². The van der Waals surface area contributed by atoms with Crippen molar-refractivity contribution in [3.63, 3.8) is 0 Å². The summed E-state index contributed by atoms with van der Waals surface area (Å²) in [4.78, 5) is 15.4. The number of carbonyl (C=O) groups is 1. The molecule has 1 aliphatic heterocycles. The molecular weight excluding hydrogens is 192 g/mol. The SMILES string of the molecule is CC(=O)N(CCN)CCN1CCNCC1. The predicted octanol–water partition coefficient (Wildman–Crippen LogP) is -1.30. The lowest BCUT2D eigenvalue weighted by Crippen LogP contribution is -2.47. The summed E-state index contributed by atoms with van der Waals surface area (Å²) >= 11 is 0. The Bertz CT molecular complexity index is 192. The summed E-state index contributed by atoms with van der Waals surface area (Å²) in [5, 5.41) is 3.31. The molecule has 3 N–H and O–H groups in total. The smallest absolute Gasteiger partial charge is 0.219 e. The van der Waals surface area contributed by atoms with E-state index >= 15 is 0 Å². The Morgan fingerprint density at radius 1 is 1.40 bits per heavy atom. The number of rotatable bonds is 5. The lowest BCUT2D eigenvalue weighted by Gasteiger charge is -2.29. The van der Waals surface area contributed by atoms with Gasteiger partial charge in [0.05, 0.1) is 0 Å². The van der Waals surface area contributed by atoms with E-state index in [0.717, 1.165) is 39.3 Å². The van der Waals surface area contributed by atoms with E-state index in [0.29, 0.717) is 13.1 Å². The van der Waals surface area contributed by atoms with Gasteiger partial charge in [-0.3, -0.25) is 9.69 Å². The average Bonchev–Trinajstić information content (AvgIpc) is 2.25. The second kappa shape index (κ2) is 6.76. The number of amides is 1. The molecule has 0 bridgehead atoms. The van der Waals surface area contributed by atoms with Crippen molar-refractivity contribution in [1.82, 2.24) is 15.1 Å². The number of carbonyl (C=O) groups excluding carboxylic acids is 1. The van der Waals surface area contributed by atoms with E-state index in [2.05, 4.69) is 10.2 Å². The monoisotopic (exact) mass is 214 g/mol. The predicted molar refractivity (Wildman–Crippen MR) is 60.6 cm³/mol. The van der Waals surface area contributed by atoms with Crippen LogP contribution < -0.4 is 11.1 Å². The number of hydrogen-bond donors (Lipinski definition) is 2. The first-order valence-electron chi connectivity index (χ1n) is 5.62. The Morgan fingerprint density at radius 3 is 2.60 bits per heavy atom. The van der Waals surface area contributed by atoms with E-state index < -0.39 is 0 Å². The largest absolute Gasteiger partial charge is 0.340 e. The summed E-state index contributed by atoms with van der Waals surface area (Å²) in [6.45, 7) is 8.83. The molecule has 0 spiro atoms. The summed E-state index contributed by atoms with van der Waals surface area (Å²) < 4.78 is 0. The van der Waals surface area contributed by atoms with Crippen LogP contribution in [0.5, 0.6) is 0 Å². The van der Waals surface area contributed by atoms with Gasteiger partial charge in [-0.15, -0.1) is 0 Å². The number of nitrogens with one attached hydrogen (secondary N) is 1. The van der Waals surface area contributed by atoms with Gasteiger partial charge in [-0.2, -0.15) is 0 Å². The van der Waals surface area contributed by atoms with E-state index in [9.17, 15) is 4.79 Å². The average molecular weight is 214 g/mol. The van der Waals surface area contributed by atoms with Crippen LogP contribution in [0.4, 0.5) is 0 Å². The number of piperazine rings is 1. The summed E-state index contributed by atoms with van der Waals surface area (Å²) in [7, 11) is 0. The Labute approximate surface area is 91.6 Å². The molecule has 1 amide bonds. The van der Waals surface area contributed by atoms with Crippen LogP contribution >= 0.6 is 0 Å². The maximum atomic E-state index is 11.2. The topological polar surface area (TPSA) is 61.6 Å². The summed E-state index contributed by atoms with van der Waals surface area (Å²) in [5.41, 5.74) is 5.46. The maximum absolute atomic E-state index is 11.2. The molecule has 1 saturated heterocycles. The van der Waals surface area contributed by atoms with Crippen LogP contribution in [0.25, 0.3) is 0 Å². The standard InChI is InChI=1S/C10H22N4O/c1-10(15)14(5-2-11)9-8-13-6-3-12-4-7-13/h12H,2-9,11H2,1H3. The molecule has 88 valence electrons. The van der Waals surface area contributed by atoms with Crippen molar-refractivity contribution in [3.8, 4) is 0 Å². The fourth-order valence-corrected chi connectivity index (χ4v) is 1.78. The van der Waals surface area contributed by atoms with Gasteiger partial charge in [-0.05, 0) is 0 Å². The molecule has 0 saturated carbocycles. The third kappa shape index (κ3) is 4.59. The van der Waals surface area contributed by atoms with E-state index in [1.54, 1.807) is 6.92 Å². The zero-order valence-electron chi connectivity index (χ0n) is 9.54. The molecule has 0 aromatic rings. The molecular formula is C10H22N4O. The number of hydrogen-bond acceptors (Lipinski definition) is 4. The van der Waals surface area contributed by atoms with Crippen molar-refractivity contribution in [2.45, 2.75) is 6.92 Å². The van der Waals surface area contributed by atoms with E-state index in [1.165, 1.54) is 0 Å². The molecule has 0 aromatic heterocycles. The highest BCUT2D eigenvalue weighted by Crippen LogP contribution is 1.95. The molecule has 1 rings (SSSR count). The molecule has 5 nitrogen and oxygen atoms in total. The minimum absolute atomic E-state index is 0.121. The van der Waals surface area contributed by atoms with Crippen molar-refractivity contribution in [1.29, 1.82) is 0 Å². The summed E-state index contributed by atoms with van der Waals surface area (Å²) in [6.07, 6.45) is 0. The van der Waals surface area contributed by atoms with Crippen LogP contribution in [0.15, 0.2) is 0 Å². The van der Waals surface area contributed by atoms with Gasteiger partial charge in [-0.25, -0.2) is 0 Å². The Kier molecular flexibility index (Phi) is 5.60. The first-order chi connectivity index (χ1) is 7.24. The molecule has 0 aliphatic carbocycles. The molecule has 0 aromatic carbocycles. The summed E-state index contributed by atoms with van der Waals surface area (Å²) in [5.74, 6) is 0.121. The van der Waals surface area contributed by atoms with Crippen LogP contribution in [0.2, 0.25) is 0 Å². The fourth-order valence-electron chi connectivity index (χ4n) is 1.78. The molecule has 0 atom stereocenters. The Balaban J connectivity index is 2.22. The third-order valence-corrected chi connectivity index (χ3v) is 2.74. The lowest BCUT2D eigenvalue weighted by molar-refractivity contribution is -0.129. The summed E-state index contributed by atoms with van der Waals surface area (Å²) in [6, 6.07) is 0. The molecule has 0 radical (unpaired) electrons. The zero-order valence-corrected chi connectivity index (χ0v) is 9.54. The van der Waals surface area contributed by atoms with E-state index in [1.807, 2.05) is 4.90 Å². The van der Waals surface area contributed by atoms with Gasteiger partial charge < -0.3 is 16.0 Å². The lowest BCUT2D eigenvalue weighted by atomic mass is 10.3. The van der Waals surface area contributed by atoms with Gasteiger partial charge in [0, 0.05) is 59.3 Å². The van der Waals surface area contributed by atoms with Crippen LogP contribution in [0.3, 0.4) is 0 Å². The highest BCUT2D eigenvalue weighted by atomic mass is 16.2. The van der Waals surface area contributed by atoms with Gasteiger partial charge in [-0.1, -0.05) is 0 Å². The first kappa shape index (κ1) is 12.4. The number of nitrogens with two attached hydrogens (primary N) is 1. The van der Waals surface area contributed by atoms with Crippen molar-refractivity contribution < 1.29 is 4.79 Å². The molecule has 1 heterocycles. The van der Waals surface area contributed by atoms with Crippen molar-refractivity contribution in [2.24, 2.45) is 5.73 Å².